The van der Waals surface area contributed by atoms with Gasteiger partial charge in [0, 0.05) is 12.6 Å². The van der Waals surface area contributed by atoms with Gasteiger partial charge in [0.25, 0.3) is 0 Å². The van der Waals surface area contributed by atoms with Crippen molar-refractivity contribution in [1.82, 2.24) is 10.2 Å². The maximum absolute atomic E-state index is 5.85. The van der Waals surface area contributed by atoms with Crippen LogP contribution in [0.4, 0.5) is 0 Å². The fraction of sp³-hybridized carbons (Fsp3) is 0.917. The summed E-state index contributed by atoms with van der Waals surface area (Å²) in [6.45, 7) is 4.97. The van der Waals surface area contributed by atoms with Gasteiger partial charge in [-0.2, -0.15) is 0 Å². The third-order valence-electron chi connectivity index (χ3n) is 3.26. The third kappa shape index (κ3) is 7.81. The SMILES string of the molecule is CCN(C)CCN=C(N)NC1CCCCC1.I. The first-order valence-corrected chi connectivity index (χ1v) is 6.47. The molecular weight excluding hydrogens is 327 g/mol. The molecule has 17 heavy (non-hydrogen) atoms. The van der Waals surface area contributed by atoms with Crippen molar-refractivity contribution in [2.75, 3.05) is 26.7 Å². The Bertz CT molecular complexity index is 215. The van der Waals surface area contributed by atoms with Crippen LogP contribution < -0.4 is 11.1 Å². The van der Waals surface area contributed by atoms with Crippen LogP contribution in [0.2, 0.25) is 0 Å². The van der Waals surface area contributed by atoms with Crippen molar-refractivity contribution in [2.45, 2.75) is 45.1 Å². The van der Waals surface area contributed by atoms with E-state index in [2.05, 4.69) is 29.2 Å². The number of halogens is 1. The van der Waals surface area contributed by atoms with Crippen LogP contribution in [0.25, 0.3) is 0 Å². The first-order valence-electron chi connectivity index (χ1n) is 6.47. The number of nitrogens with two attached hydrogens (primary N) is 1. The summed E-state index contributed by atoms with van der Waals surface area (Å²) >= 11 is 0. The largest absolute Gasteiger partial charge is 0.370 e. The smallest absolute Gasteiger partial charge is 0.188 e. The highest BCUT2D eigenvalue weighted by Crippen LogP contribution is 2.16. The Morgan fingerprint density at radius 1 is 1.35 bits per heavy atom. The monoisotopic (exact) mass is 354 g/mol. The lowest BCUT2D eigenvalue weighted by molar-refractivity contribution is 0.362. The van der Waals surface area contributed by atoms with Gasteiger partial charge in [-0.1, -0.05) is 26.2 Å². The first-order chi connectivity index (χ1) is 7.72. The van der Waals surface area contributed by atoms with Crippen molar-refractivity contribution >= 4 is 29.9 Å². The van der Waals surface area contributed by atoms with E-state index in [1.54, 1.807) is 0 Å². The van der Waals surface area contributed by atoms with Gasteiger partial charge in [0.1, 0.15) is 0 Å². The predicted octanol–water partition coefficient (Wildman–Crippen LogP) is 1.79. The molecular formula is C12H27IN4. The summed E-state index contributed by atoms with van der Waals surface area (Å²) in [5.74, 6) is 0.622. The number of nitrogens with one attached hydrogen (secondary N) is 1. The fourth-order valence-corrected chi connectivity index (χ4v) is 2.00. The minimum atomic E-state index is 0. The van der Waals surface area contributed by atoms with Gasteiger partial charge < -0.3 is 16.0 Å². The number of nitrogens with zero attached hydrogens (tertiary/aromatic N) is 2. The Morgan fingerprint density at radius 2 is 2.00 bits per heavy atom. The van der Waals surface area contributed by atoms with E-state index in [0.29, 0.717) is 12.0 Å². The quantitative estimate of drug-likeness (QED) is 0.450. The summed E-state index contributed by atoms with van der Waals surface area (Å²) in [6.07, 6.45) is 6.50. The molecule has 1 aliphatic rings. The number of rotatable bonds is 5. The molecule has 1 saturated carbocycles. The molecule has 3 N–H and O–H groups in total. The standard InChI is InChI=1S/C12H26N4.HI/c1-3-16(2)10-9-14-12(13)15-11-7-5-4-6-8-11;/h11H,3-10H2,1-2H3,(H3,13,14,15);1H. The van der Waals surface area contributed by atoms with E-state index >= 15 is 0 Å². The fourth-order valence-electron chi connectivity index (χ4n) is 2.00. The van der Waals surface area contributed by atoms with Crippen LogP contribution in [0.1, 0.15) is 39.0 Å². The maximum atomic E-state index is 5.85. The van der Waals surface area contributed by atoms with E-state index in [1.165, 1.54) is 32.1 Å². The van der Waals surface area contributed by atoms with E-state index in [1.807, 2.05) is 0 Å². The molecule has 0 atom stereocenters. The minimum absolute atomic E-state index is 0. The van der Waals surface area contributed by atoms with E-state index in [0.717, 1.165) is 19.6 Å². The van der Waals surface area contributed by atoms with Gasteiger partial charge in [0.2, 0.25) is 0 Å². The van der Waals surface area contributed by atoms with Gasteiger partial charge in [-0.15, -0.1) is 24.0 Å². The van der Waals surface area contributed by atoms with Crippen molar-refractivity contribution in [3.05, 3.63) is 0 Å². The van der Waals surface area contributed by atoms with Crippen molar-refractivity contribution in [3.63, 3.8) is 0 Å². The Kier molecular flexibility index (Phi) is 9.91. The Hall–Kier alpha value is -0.0400. The Labute approximate surface area is 122 Å². The zero-order chi connectivity index (χ0) is 11.8. The normalized spacial score (nSPS) is 17.9. The molecule has 0 spiro atoms. The maximum Gasteiger partial charge on any atom is 0.188 e. The summed E-state index contributed by atoms with van der Waals surface area (Å²) in [7, 11) is 2.10. The van der Waals surface area contributed by atoms with E-state index in [-0.39, 0.29) is 24.0 Å². The summed E-state index contributed by atoms with van der Waals surface area (Å²) in [5.41, 5.74) is 5.85. The number of hydrogen-bond donors (Lipinski definition) is 2. The molecule has 5 heteroatoms. The lowest BCUT2D eigenvalue weighted by Gasteiger charge is -2.23. The van der Waals surface area contributed by atoms with Crippen LogP contribution in [-0.4, -0.2) is 43.6 Å². The molecule has 0 bridgehead atoms. The molecule has 1 rings (SSSR count). The highest BCUT2D eigenvalue weighted by atomic mass is 127. The van der Waals surface area contributed by atoms with Gasteiger partial charge in [0.05, 0.1) is 6.54 Å². The predicted molar refractivity (Wildman–Crippen MR) is 85.1 cm³/mol. The van der Waals surface area contributed by atoms with E-state index in [9.17, 15) is 0 Å². The number of guanidine groups is 1. The zero-order valence-corrected chi connectivity index (χ0v) is 13.4. The third-order valence-corrected chi connectivity index (χ3v) is 3.26. The van der Waals surface area contributed by atoms with Crippen LogP contribution in [0.5, 0.6) is 0 Å². The molecule has 0 aromatic heterocycles. The van der Waals surface area contributed by atoms with Crippen LogP contribution in [0.15, 0.2) is 4.99 Å². The lowest BCUT2D eigenvalue weighted by Crippen LogP contribution is -2.41. The molecule has 1 aliphatic carbocycles. The second kappa shape index (κ2) is 9.94. The summed E-state index contributed by atoms with van der Waals surface area (Å²) < 4.78 is 0. The van der Waals surface area contributed by atoms with Crippen molar-refractivity contribution in [3.8, 4) is 0 Å². The minimum Gasteiger partial charge on any atom is -0.370 e. The van der Waals surface area contributed by atoms with Gasteiger partial charge in [-0.05, 0) is 26.4 Å². The molecule has 102 valence electrons. The zero-order valence-electron chi connectivity index (χ0n) is 11.1. The van der Waals surface area contributed by atoms with Gasteiger partial charge in [-0.3, -0.25) is 4.99 Å². The molecule has 0 saturated heterocycles. The van der Waals surface area contributed by atoms with Crippen LogP contribution >= 0.6 is 24.0 Å². The molecule has 0 unspecified atom stereocenters. The Balaban J connectivity index is 0.00000256. The highest BCUT2D eigenvalue weighted by molar-refractivity contribution is 14.0. The van der Waals surface area contributed by atoms with Crippen LogP contribution in [-0.2, 0) is 0 Å². The summed E-state index contributed by atoms with van der Waals surface area (Å²) in [5, 5.41) is 3.32. The van der Waals surface area contributed by atoms with Crippen molar-refractivity contribution in [2.24, 2.45) is 10.7 Å². The van der Waals surface area contributed by atoms with Crippen LogP contribution in [0.3, 0.4) is 0 Å². The lowest BCUT2D eigenvalue weighted by atomic mass is 9.96. The van der Waals surface area contributed by atoms with Gasteiger partial charge in [-0.25, -0.2) is 0 Å². The second-order valence-corrected chi connectivity index (χ2v) is 4.64. The molecule has 0 radical (unpaired) electrons. The molecule has 0 heterocycles. The highest BCUT2D eigenvalue weighted by Gasteiger charge is 2.12. The van der Waals surface area contributed by atoms with E-state index in [4.69, 9.17) is 5.73 Å². The molecule has 0 amide bonds. The average molecular weight is 354 g/mol. The summed E-state index contributed by atoms with van der Waals surface area (Å²) in [4.78, 5) is 6.58. The average Bonchev–Trinajstić information content (AvgIpc) is 2.30. The van der Waals surface area contributed by atoms with Gasteiger partial charge in [0.15, 0.2) is 5.96 Å². The van der Waals surface area contributed by atoms with Gasteiger partial charge >= 0.3 is 0 Å². The Morgan fingerprint density at radius 3 is 2.59 bits per heavy atom. The molecule has 0 aromatic rings. The van der Waals surface area contributed by atoms with Crippen molar-refractivity contribution < 1.29 is 0 Å². The number of aliphatic imine (C=N–C) groups is 1. The molecule has 0 aromatic carbocycles. The van der Waals surface area contributed by atoms with Crippen molar-refractivity contribution in [1.29, 1.82) is 0 Å². The molecule has 1 fully saturated rings. The second-order valence-electron chi connectivity index (χ2n) is 4.64. The topological polar surface area (TPSA) is 53.6 Å². The first kappa shape index (κ1) is 17.0. The molecule has 0 aliphatic heterocycles. The number of hydrogen-bond acceptors (Lipinski definition) is 2. The van der Waals surface area contributed by atoms with E-state index < -0.39 is 0 Å². The molecule has 4 nitrogen and oxygen atoms in total. The number of likely N-dealkylation sites (N-methyl/N-ethyl adjacent to an activating group) is 1. The summed E-state index contributed by atoms with van der Waals surface area (Å²) in [6, 6.07) is 0.557. The van der Waals surface area contributed by atoms with Crippen LogP contribution in [0, 0.1) is 0 Å².